The van der Waals surface area contributed by atoms with Gasteiger partial charge in [-0.3, -0.25) is 4.98 Å². The van der Waals surface area contributed by atoms with Gasteiger partial charge in [0.2, 0.25) is 0 Å². The highest BCUT2D eigenvalue weighted by Crippen LogP contribution is 2.33. The van der Waals surface area contributed by atoms with Crippen molar-refractivity contribution >= 4 is 34.0 Å². The van der Waals surface area contributed by atoms with Crippen LogP contribution in [0.5, 0.6) is 0 Å². The van der Waals surface area contributed by atoms with Crippen molar-refractivity contribution in [2.45, 2.75) is 6.10 Å². The van der Waals surface area contributed by atoms with Crippen molar-refractivity contribution in [3.05, 3.63) is 119 Å². The summed E-state index contributed by atoms with van der Waals surface area (Å²) in [5.41, 5.74) is 5.32. The smallest absolute Gasteiger partial charge is 0.144 e. The Morgan fingerprint density at radius 2 is 1.64 bits per heavy atom. The Morgan fingerprint density at radius 3 is 2.30 bits per heavy atom. The number of hydrogen-bond donors (Lipinski definition) is 1. The van der Waals surface area contributed by atoms with E-state index in [2.05, 4.69) is 15.0 Å². The number of rotatable bonds is 5. The summed E-state index contributed by atoms with van der Waals surface area (Å²) >= 11 is 6.33. The third-order valence-electron chi connectivity index (χ3n) is 5.43. The van der Waals surface area contributed by atoms with Gasteiger partial charge in [0, 0.05) is 41.7 Å². The number of pyridine rings is 1. The monoisotopic (exact) mass is 453 g/mol. The number of aliphatic hydroxyl groups excluding tert-OH is 1. The number of fused-ring (bicyclic) bond motifs is 1. The van der Waals surface area contributed by atoms with Gasteiger partial charge < -0.3 is 9.67 Å². The molecule has 3 heterocycles. The predicted molar refractivity (Wildman–Crippen MR) is 130 cm³/mol. The molecular weight excluding hydrogens is 434 g/mol. The molecule has 6 nitrogen and oxygen atoms in total. The van der Waals surface area contributed by atoms with E-state index in [0.717, 1.165) is 16.8 Å². The van der Waals surface area contributed by atoms with Gasteiger partial charge in [0.05, 0.1) is 23.0 Å². The number of nitrogens with zero attached hydrogens (tertiary/aromatic N) is 5. The molecule has 0 aliphatic rings. The Kier molecular flexibility index (Phi) is 5.69. The summed E-state index contributed by atoms with van der Waals surface area (Å²) in [4.78, 5) is 17.6. The molecule has 1 unspecified atom stereocenters. The van der Waals surface area contributed by atoms with Crippen LogP contribution in [0.25, 0.3) is 11.0 Å². The van der Waals surface area contributed by atoms with Crippen LogP contribution in [-0.4, -0.2) is 30.3 Å². The second-order valence-electron chi connectivity index (χ2n) is 7.63. The summed E-state index contributed by atoms with van der Waals surface area (Å²) in [5.74, 6) is 0. The normalized spacial score (nSPS) is 12.0. The molecule has 162 valence electrons. The van der Waals surface area contributed by atoms with Crippen molar-refractivity contribution in [1.82, 2.24) is 19.5 Å². The molecule has 3 aromatic heterocycles. The van der Waals surface area contributed by atoms with Crippen LogP contribution in [0.2, 0.25) is 5.15 Å². The zero-order chi connectivity index (χ0) is 22.8. The van der Waals surface area contributed by atoms with E-state index < -0.39 is 6.10 Å². The largest absolute Gasteiger partial charge is 0.384 e. The number of halogens is 1. The highest BCUT2D eigenvalue weighted by atomic mass is 35.5. The van der Waals surface area contributed by atoms with E-state index in [1.807, 2.05) is 84.5 Å². The molecule has 0 spiro atoms. The quantitative estimate of drug-likeness (QED) is 0.290. The molecule has 0 aliphatic carbocycles. The highest BCUT2D eigenvalue weighted by molar-refractivity contribution is 6.34. The lowest BCUT2D eigenvalue weighted by molar-refractivity contribution is 0.221. The van der Waals surface area contributed by atoms with Crippen LogP contribution in [0, 0.1) is 0 Å². The molecule has 0 aliphatic heterocycles. The van der Waals surface area contributed by atoms with E-state index in [0.29, 0.717) is 33.0 Å². The van der Waals surface area contributed by atoms with Crippen LogP contribution < -0.4 is 0 Å². The van der Waals surface area contributed by atoms with Gasteiger partial charge in [0.15, 0.2) is 0 Å². The maximum absolute atomic E-state index is 11.2. The molecule has 1 atom stereocenters. The molecule has 5 aromatic rings. The zero-order valence-electron chi connectivity index (χ0n) is 17.8. The fourth-order valence-electron chi connectivity index (χ4n) is 3.87. The first-order valence-corrected chi connectivity index (χ1v) is 10.8. The Labute approximate surface area is 195 Å². The molecule has 0 saturated carbocycles. The Bertz CT molecular complexity index is 1410. The topological polar surface area (TPSA) is 76.2 Å². The second kappa shape index (κ2) is 8.94. The summed E-state index contributed by atoms with van der Waals surface area (Å²) in [5, 5.41) is 12.1. The van der Waals surface area contributed by atoms with Crippen molar-refractivity contribution in [2.24, 2.45) is 12.0 Å². The molecule has 33 heavy (non-hydrogen) atoms. The van der Waals surface area contributed by atoms with Crippen LogP contribution in [0.15, 0.2) is 96.6 Å². The molecule has 0 fully saturated rings. The third kappa shape index (κ3) is 4.14. The van der Waals surface area contributed by atoms with Gasteiger partial charge >= 0.3 is 0 Å². The molecular formula is C26H20ClN5O. The van der Waals surface area contributed by atoms with Gasteiger partial charge in [-0.1, -0.05) is 72.3 Å². The van der Waals surface area contributed by atoms with Gasteiger partial charge in [0.25, 0.3) is 0 Å². The first kappa shape index (κ1) is 21.0. The minimum atomic E-state index is -0.961. The van der Waals surface area contributed by atoms with Crippen molar-refractivity contribution < 1.29 is 5.11 Å². The third-order valence-corrected chi connectivity index (χ3v) is 5.71. The van der Waals surface area contributed by atoms with Crippen molar-refractivity contribution in [2.75, 3.05) is 0 Å². The van der Waals surface area contributed by atoms with E-state index in [4.69, 9.17) is 16.6 Å². The van der Waals surface area contributed by atoms with Crippen LogP contribution >= 0.6 is 11.6 Å². The zero-order valence-corrected chi connectivity index (χ0v) is 18.6. The van der Waals surface area contributed by atoms with Gasteiger partial charge in [-0.2, -0.15) is 0 Å². The molecule has 0 radical (unpaired) electrons. The molecule has 0 saturated heterocycles. The first-order valence-electron chi connectivity index (χ1n) is 10.4. The summed E-state index contributed by atoms with van der Waals surface area (Å²) in [6.07, 6.45) is 5.57. The van der Waals surface area contributed by atoms with E-state index in [9.17, 15) is 5.11 Å². The number of aryl methyl sites for hydroxylation is 1. The maximum atomic E-state index is 11.2. The predicted octanol–water partition coefficient (Wildman–Crippen LogP) is 5.27. The summed E-state index contributed by atoms with van der Waals surface area (Å²) in [6, 6.07) is 21.8. The van der Waals surface area contributed by atoms with Crippen LogP contribution in [0.3, 0.4) is 0 Å². The number of aromatic nitrogens is 4. The Balaban J connectivity index is 1.59. The molecule has 7 heteroatoms. The SMILES string of the molecule is Cn1cc(C(O)c2cncc(N=C(c3ccccc3)c3ccccc3)c2)c2c(Cl)ncnc21. The molecule has 5 rings (SSSR count). The maximum Gasteiger partial charge on any atom is 0.144 e. The molecule has 0 amide bonds. The summed E-state index contributed by atoms with van der Waals surface area (Å²) in [6.45, 7) is 0. The van der Waals surface area contributed by atoms with E-state index >= 15 is 0 Å². The molecule has 2 aromatic carbocycles. The Morgan fingerprint density at radius 1 is 0.970 bits per heavy atom. The minimum absolute atomic E-state index is 0.298. The van der Waals surface area contributed by atoms with Crippen LogP contribution in [-0.2, 0) is 7.05 Å². The number of benzene rings is 2. The second-order valence-corrected chi connectivity index (χ2v) is 7.99. The minimum Gasteiger partial charge on any atom is -0.384 e. The van der Waals surface area contributed by atoms with E-state index in [1.54, 1.807) is 12.4 Å². The van der Waals surface area contributed by atoms with E-state index in [1.165, 1.54) is 6.33 Å². The average Bonchev–Trinajstić information content (AvgIpc) is 3.21. The number of aliphatic hydroxyl groups is 1. The fraction of sp³-hybridized carbons (Fsp3) is 0.0769. The number of hydrogen-bond acceptors (Lipinski definition) is 5. The van der Waals surface area contributed by atoms with Gasteiger partial charge in [0.1, 0.15) is 23.2 Å². The number of aliphatic imine (C=N–C) groups is 1. The van der Waals surface area contributed by atoms with Gasteiger partial charge in [-0.25, -0.2) is 15.0 Å². The van der Waals surface area contributed by atoms with Crippen molar-refractivity contribution in [1.29, 1.82) is 0 Å². The van der Waals surface area contributed by atoms with Crippen LogP contribution in [0.1, 0.15) is 28.4 Å². The molecule has 0 bridgehead atoms. The van der Waals surface area contributed by atoms with Crippen molar-refractivity contribution in [3.8, 4) is 0 Å². The summed E-state index contributed by atoms with van der Waals surface area (Å²) in [7, 11) is 1.85. The fourth-order valence-corrected chi connectivity index (χ4v) is 4.10. The highest BCUT2D eigenvalue weighted by Gasteiger charge is 2.21. The average molecular weight is 454 g/mol. The lowest BCUT2D eigenvalue weighted by Crippen LogP contribution is -2.03. The van der Waals surface area contributed by atoms with Gasteiger partial charge in [-0.15, -0.1) is 0 Å². The standard InChI is InChI=1S/C26H20ClN5O/c1-32-15-21(22-25(27)29-16-30-26(22)32)24(33)19-12-20(14-28-13-19)31-23(17-8-4-2-5-9-17)18-10-6-3-7-11-18/h2-16,24,33H,1H3. The lowest BCUT2D eigenvalue weighted by Gasteiger charge is -2.12. The van der Waals surface area contributed by atoms with Crippen molar-refractivity contribution in [3.63, 3.8) is 0 Å². The first-order chi connectivity index (χ1) is 16.1. The van der Waals surface area contributed by atoms with E-state index in [-0.39, 0.29) is 0 Å². The summed E-state index contributed by atoms with van der Waals surface area (Å²) < 4.78 is 1.82. The molecule has 1 N–H and O–H groups in total. The van der Waals surface area contributed by atoms with Gasteiger partial charge in [-0.05, 0) is 6.07 Å². The lowest BCUT2D eigenvalue weighted by atomic mass is 10.0. The van der Waals surface area contributed by atoms with Crippen LogP contribution in [0.4, 0.5) is 5.69 Å². The Hall–Kier alpha value is -3.87.